The number of nitrogens with two attached hydrogens (primary N) is 1. The Hall–Kier alpha value is -0.0800. The summed E-state index contributed by atoms with van der Waals surface area (Å²) in [6.45, 7) is 8.95. The molecule has 0 aliphatic carbocycles. The van der Waals surface area contributed by atoms with Crippen LogP contribution >= 0.6 is 0 Å². The molecule has 0 saturated carbocycles. The van der Waals surface area contributed by atoms with Crippen LogP contribution in [0, 0.1) is 11.3 Å². The van der Waals surface area contributed by atoms with Gasteiger partial charge in [-0.05, 0) is 24.3 Å². The van der Waals surface area contributed by atoms with Crippen molar-refractivity contribution in [3.8, 4) is 0 Å². The van der Waals surface area contributed by atoms with E-state index in [1.807, 2.05) is 0 Å². The maximum atomic E-state index is 6.24. The van der Waals surface area contributed by atoms with Crippen molar-refractivity contribution < 1.29 is 0 Å². The van der Waals surface area contributed by atoms with Crippen molar-refractivity contribution in [2.45, 2.75) is 39.7 Å². The molecule has 0 aromatic rings. The van der Waals surface area contributed by atoms with Crippen LogP contribution in [0.4, 0.5) is 0 Å². The molecule has 2 nitrogen and oxygen atoms in total. The molecule has 1 aliphatic rings. The van der Waals surface area contributed by atoms with Crippen molar-refractivity contribution in [2.75, 3.05) is 13.1 Å². The summed E-state index contributed by atoms with van der Waals surface area (Å²) >= 11 is 0. The van der Waals surface area contributed by atoms with E-state index in [1.54, 1.807) is 0 Å². The molecule has 1 saturated heterocycles. The molecule has 1 fully saturated rings. The minimum atomic E-state index is 0.318. The number of nitrogens with one attached hydrogen (secondary N) is 1. The molecule has 1 rings (SSSR count). The average molecular weight is 170 g/mol. The molecule has 72 valence electrons. The Labute approximate surface area is 75.9 Å². The molecule has 0 aromatic heterocycles. The zero-order valence-electron chi connectivity index (χ0n) is 8.56. The topological polar surface area (TPSA) is 38.0 Å². The van der Waals surface area contributed by atoms with Crippen LogP contribution in [0.2, 0.25) is 0 Å². The van der Waals surface area contributed by atoms with E-state index >= 15 is 0 Å². The Kier molecular flexibility index (Phi) is 3.13. The van der Waals surface area contributed by atoms with Gasteiger partial charge in [0.05, 0.1) is 0 Å². The molecule has 1 heterocycles. The molecular formula is C10H22N2. The molecule has 0 bridgehead atoms. The lowest BCUT2D eigenvalue weighted by atomic mass is 9.71. The molecule has 0 spiro atoms. The predicted molar refractivity (Wildman–Crippen MR) is 53.0 cm³/mol. The molecule has 3 unspecified atom stereocenters. The first-order valence-corrected chi connectivity index (χ1v) is 5.10. The van der Waals surface area contributed by atoms with Gasteiger partial charge >= 0.3 is 0 Å². The molecule has 0 aromatic carbocycles. The summed E-state index contributed by atoms with van der Waals surface area (Å²) in [5, 5.41) is 3.48. The van der Waals surface area contributed by atoms with E-state index in [-0.39, 0.29) is 0 Å². The summed E-state index contributed by atoms with van der Waals surface area (Å²) in [6, 6.07) is 0.383. The molecule has 12 heavy (non-hydrogen) atoms. The monoisotopic (exact) mass is 170 g/mol. The van der Waals surface area contributed by atoms with E-state index in [1.165, 1.54) is 12.8 Å². The second-order valence-corrected chi connectivity index (χ2v) is 4.33. The van der Waals surface area contributed by atoms with Gasteiger partial charge in [-0.15, -0.1) is 0 Å². The van der Waals surface area contributed by atoms with Gasteiger partial charge in [-0.25, -0.2) is 0 Å². The van der Waals surface area contributed by atoms with Gasteiger partial charge in [0, 0.05) is 12.6 Å². The SMILES string of the molecule is CCC1CNCC(C)(CC)C1N. The van der Waals surface area contributed by atoms with Gasteiger partial charge in [0.15, 0.2) is 0 Å². The molecule has 2 heteroatoms. The van der Waals surface area contributed by atoms with Crippen LogP contribution in [-0.4, -0.2) is 19.1 Å². The highest BCUT2D eigenvalue weighted by Gasteiger charge is 2.37. The fourth-order valence-electron chi connectivity index (χ4n) is 2.12. The zero-order chi connectivity index (χ0) is 9.19. The van der Waals surface area contributed by atoms with E-state index < -0.39 is 0 Å². The smallest absolute Gasteiger partial charge is 0.0145 e. The molecule has 1 aliphatic heterocycles. The third kappa shape index (κ3) is 1.64. The fourth-order valence-corrected chi connectivity index (χ4v) is 2.12. The summed E-state index contributed by atoms with van der Waals surface area (Å²) in [4.78, 5) is 0. The average Bonchev–Trinajstić information content (AvgIpc) is 2.10. The Morgan fingerprint density at radius 2 is 2.17 bits per heavy atom. The van der Waals surface area contributed by atoms with Gasteiger partial charge in [-0.2, -0.15) is 0 Å². The Balaban J connectivity index is 2.65. The van der Waals surface area contributed by atoms with Gasteiger partial charge in [-0.3, -0.25) is 0 Å². The lowest BCUT2D eigenvalue weighted by Gasteiger charge is -2.44. The first kappa shape index (κ1) is 10.0. The predicted octanol–water partition coefficient (Wildman–Crippen LogP) is 1.36. The van der Waals surface area contributed by atoms with Crippen LogP contribution in [0.3, 0.4) is 0 Å². The van der Waals surface area contributed by atoms with Crippen molar-refractivity contribution in [1.82, 2.24) is 5.32 Å². The second kappa shape index (κ2) is 3.75. The Morgan fingerprint density at radius 1 is 1.50 bits per heavy atom. The van der Waals surface area contributed by atoms with Gasteiger partial charge in [0.25, 0.3) is 0 Å². The van der Waals surface area contributed by atoms with E-state index in [2.05, 4.69) is 26.1 Å². The molecule has 0 radical (unpaired) electrons. The van der Waals surface area contributed by atoms with Crippen molar-refractivity contribution in [1.29, 1.82) is 0 Å². The van der Waals surface area contributed by atoms with E-state index in [9.17, 15) is 0 Å². The highest BCUT2D eigenvalue weighted by atomic mass is 14.9. The summed E-state index contributed by atoms with van der Waals surface area (Å²) in [7, 11) is 0. The minimum absolute atomic E-state index is 0.318. The highest BCUT2D eigenvalue weighted by Crippen LogP contribution is 2.32. The Morgan fingerprint density at radius 3 is 2.67 bits per heavy atom. The number of hydrogen-bond acceptors (Lipinski definition) is 2. The van der Waals surface area contributed by atoms with E-state index in [4.69, 9.17) is 5.73 Å². The summed E-state index contributed by atoms with van der Waals surface area (Å²) in [5.74, 6) is 0.670. The quantitative estimate of drug-likeness (QED) is 0.656. The van der Waals surface area contributed by atoms with Crippen LogP contribution in [0.25, 0.3) is 0 Å². The minimum Gasteiger partial charge on any atom is -0.327 e. The second-order valence-electron chi connectivity index (χ2n) is 4.33. The van der Waals surface area contributed by atoms with Crippen molar-refractivity contribution in [2.24, 2.45) is 17.1 Å². The van der Waals surface area contributed by atoms with Gasteiger partial charge < -0.3 is 11.1 Å². The maximum Gasteiger partial charge on any atom is 0.0145 e. The number of rotatable bonds is 2. The van der Waals surface area contributed by atoms with Crippen molar-refractivity contribution >= 4 is 0 Å². The fraction of sp³-hybridized carbons (Fsp3) is 1.00. The lowest BCUT2D eigenvalue weighted by Crippen LogP contribution is -2.57. The van der Waals surface area contributed by atoms with Gasteiger partial charge in [-0.1, -0.05) is 27.2 Å². The highest BCUT2D eigenvalue weighted by molar-refractivity contribution is 4.94. The molecule has 0 amide bonds. The molecule has 3 N–H and O–H groups in total. The first-order chi connectivity index (χ1) is 5.64. The summed E-state index contributed by atoms with van der Waals surface area (Å²) in [5.41, 5.74) is 6.56. The van der Waals surface area contributed by atoms with Crippen LogP contribution in [0.1, 0.15) is 33.6 Å². The largest absolute Gasteiger partial charge is 0.327 e. The molecular weight excluding hydrogens is 148 g/mol. The lowest BCUT2D eigenvalue weighted by molar-refractivity contribution is 0.130. The van der Waals surface area contributed by atoms with E-state index in [0.29, 0.717) is 17.4 Å². The van der Waals surface area contributed by atoms with Crippen LogP contribution in [0.5, 0.6) is 0 Å². The van der Waals surface area contributed by atoms with Crippen LogP contribution < -0.4 is 11.1 Å². The normalized spacial score (nSPS) is 43.0. The van der Waals surface area contributed by atoms with Crippen molar-refractivity contribution in [3.05, 3.63) is 0 Å². The zero-order valence-corrected chi connectivity index (χ0v) is 8.56. The summed E-state index contributed by atoms with van der Waals surface area (Å²) < 4.78 is 0. The third-order valence-corrected chi connectivity index (χ3v) is 3.58. The van der Waals surface area contributed by atoms with Gasteiger partial charge in [0.1, 0.15) is 0 Å². The molecule has 3 atom stereocenters. The van der Waals surface area contributed by atoms with Gasteiger partial charge in [0.2, 0.25) is 0 Å². The number of piperidine rings is 1. The van der Waals surface area contributed by atoms with E-state index in [0.717, 1.165) is 13.1 Å². The summed E-state index contributed by atoms with van der Waals surface area (Å²) in [6.07, 6.45) is 2.38. The standard InChI is InChI=1S/C10H22N2/c1-4-8-6-12-7-10(3,5-2)9(8)11/h8-9,12H,4-7,11H2,1-3H3. The van der Waals surface area contributed by atoms with Crippen LogP contribution in [0.15, 0.2) is 0 Å². The number of hydrogen-bond donors (Lipinski definition) is 2. The maximum absolute atomic E-state index is 6.24. The Bertz CT molecular complexity index is 147. The van der Waals surface area contributed by atoms with Crippen molar-refractivity contribution in [3.63, 3.8) is 0 Å². The van der Waals surface area contributed by atoms with Crippen LogP contribution in [-0.2, 0) is 0 Å². The third-order valence-electron chi connectivity index (χ3n) is 3.58. The first-order valence-electron chi connectivity index (χ1n) is 5.10.